The summed E-state index contributed by atoms with van der Waals surface area (Å²) in [6.07, 6.45) is 0.267. The van der Waals surface area contributed by atoms with Crippen molar-refractivity contribution in [2.24, 2.45) is 0 Å². The lowest BCUT2D eigenvalue weighted by Crippen LogP contribution is -2.60. The van der Waals surface area contributed by atoms with E-state index in [0.29, 0.717) is 19.6 Å². The number of imide groups is 1. The molecule has 0 aromatic carbocycles. The summed E-state index contributed by atoms with van der Waals surface area (Å²) >= 11 is 0. The van der Waals surface area contributed by atoms with E-state index in [1.165, 1.54) is 7.05 Å². The lowest BCUT2D eigenvalue weighted by Gasteiger charge is -2.44. The fraction of sp³-hybridized carbons (Fsp3) is 0.778. The van der Waals surface area contributed by atoms with Gasteiger partial charge in [0.1, 0.15) is 0 Å². The average molecular weight is 215 g/mol. The average Bonchev–Trinajstić information content (AvgIpc) is 2.11. The molecule has 1 heterocycles. The molecular formula is C9H17N3O3. The molecule has 1 fully saturated rings. The molecule has 15 heavy (non-hydrogen) atoms. The predicted molar refractivity (Wildman–Crippen MR) is 54.3 cm³/mol. The van der Waals surface area contributed by atoms with Gasteiger partial charge in [0, 0.05) is 33.1 Å². The first-order valence-corrected chi connectivity index (χ1v) is 4.89. The van der Waals surface area contributed by atoms with E-state index in [4.69, 9.17) is 0 Å². The molecule has 0 radical (unpaired) electrons. The first kappa shape index (κ1) is 11.9. The molecule has 0 atom stereocenters. The normalized spacial score (nSPS) is 19.1. The Bertz CT molecular complexity index is 257. The van der Waals surface area contributed by atoms with Gasteiger partial charge in [0.2, 0.25) is 5.91 Å². The van der Waals surface area contributed by atoms with Gasteiger partial charge in [-0.2, -0.15) is 0 Å². The molecule has 0 bridgehead atoms. The van der Waals surface area contributed by atoms with Gasteiger partial charge >= 0.3 is 6.03 Å². The van der Waals surface area contributed by atoms with E-state index in [0.717, 1.165) is 0 Å². The van der Waals surface area contributed by atoms with Crippen molar-refractivity contribution in [2.45, 2.75) is 18.9 Å². The molecule has 0 aliphatic carbocycles. The zero-order valence-electron chi connectivity index (χ0n) is 9.04. The number of hydrogen-bond acceptors (Lipinski definition) is 4. The molecule has 6 heteroatoms. The highest BCUT2D eigenvalue weighted by Gasteiger charge is 2.35. The molecule has 3 N–H and O–H groups in total. The Hall–Kier alpha value is -1.14. The summed E-state index contributed by atoms with van der Waals surface area (Å²) in [6.45, 7) is 3.49. The molecule has 86 valence electrons. The zero-order chi connectivity index (χ0) is 11.5. The molecule has 0 unspecified atom stereocenters. The Morgan fingerprint density at radius 3 is 2.53 bits per heavy atom. The Labute approximate surface area is 88.6 Å². The van der Waals surface area contributed by atoms with E-state index in [-0.39, 0.29) is 12.3 Å². The Morgan fingerprint density at radius 2 is 2.07 bits per heavy atom. The van der Waals surface area contributed by atoms with Crippen LogP contribution in [0.5, 0.6) is 0 Å². The van der Waals surface area contributed by atoms with Crippen LogP contribution >= 0.6 is 0 Å². The molecule has 1 aliphatic heterocycles. The number of hydrogen-bond donors (Lipinski definition) is 3. The molecule has 1 rings (SSSR count). The lowest BCUT2D eigenvalue weighted by atomic mass is 9.97. The molecule has 0 spiro atoms. The summed E-state index contributed by atoms with van der Waals surface area (Å²) in [4.78, 5) is 23.9. The highest BCUT2D eigenvalue weighted by molar-refractivity contribution is 5.94. The molecule has 3 amide bonds. The minimum absolute atomic E-state index is 0.267. The largest absolute Gasteiger partial charge is 0.388 e. The van der Waals surface area contributed by atoms with Crippen molar-refractivity contribution in [3.05, 3.63) is 0 Å². The molecule has 0 aromatic rings. The number of likely N-dealkylation sites (tertiary alicyclic amines) is 1. The quantitative estimate of drug-likeness (QED) is 0.558. The second-order valence-corrected chi connectivity index (χ2v) is 4.08. The summed E-state index contributed by atoms with van der Waals surface area (Å²) in [6, 6.07) is -0.490. The fourth-order valence-electron chi connectivity index (χ4n) is 1.59. The number of carbonyl (C=O) groups excluding carboxylic acids is 2. The highest BCUT2D eigenvalue weighted by Crippen LogP contribution is 2.19. The van der Waals surface area contributed by atoms with Crippen LogP contribution in [0.3, 0.4) is 0 Å². The highest BCUT2D eigenvalue weighted by atomic mass is 16.3. The monoisotopic (exact) mass is 215 g/mol. The number of nitrogens with one attached hydrogen (secondary N) is 2. The number of rotatable bonds is 3. The standard InChI is InChI=1S/C9H17N3O3/c1-9(15)5-12(6-9)4-3-7(13)11-8(14)10-2/h15H,3-6H2,1-2H3,(H2,10,11,13,14). The van der Waals surface area contributed by atoms with Crippen LogP contribution in [0, 0.1) is 0 Å². The van der Waals surface area contributed by atoms with Crippen molar-refractivity contribution < 1.29 is 14.7 Å². The molecule has 0 aromatic heterocycles. The van der Waals surface area contributed by atoms with Gasteiger partial charge in [-0.05, 0) is 6.92 Å². The number of β-amino-alcohol motifs (C(OH)–C–C–N with tert-alkyl or cyclic N) is 1. The molecule has 0 saturated carbocycles. The van der Waals surface area contributed by atoms with Crippen LogP contribution in [0.15, 0.2) is 0 Å². The minimum atomic E-state index is -0.614. The van der Waals surface area contributed by atoms with E-state index in [1.54, 1.807) is 6.92 Å². The minimum Gasteiger partial charge on any atom is -0.388 e. The van der Waals surface area contributed by atoms with Crippen molar-refractivity contribution in [3.63, 3.8) is 0 Å². The predicted octanol–water partition coefficient (Wildman–Crippen LogP) is -1.10. The van der Waals surface area contributed by atoms with Gasteiger partial charge in [-0.25, -0.2) is 4.79 Å². The van der Waals surface area contributed by atoms with Crippen molar-refractivity contribution >= 4 is 11.9 Å². The summed E-state index contributed by atoms with van der Waals surface area (Å²) in [5.74, 6) is -0.305. The van der Waals surface area contributed by atoms with E-state index in [9.17, 15) is 14.7 Å². The maximum absolute atomic E-state index is 11.2. The van der Waals surface area contributed by atoms with Crippen molar-refractivity contribution in [1.82, 2.24) is 15.5 Å². The first-order valence-electron chi connectivity index (χ1n) is 4.89. The van der Waals surface area contributed by atoms with Crippen LogP contribution in [0.2, 0.25) is 0 Å². The second-order valence-electron chi connectivity index (χ2n) is 4.08. The van der Waals surface area contributed by atoms with Crippen LogP contribution in [0.25, 0.3) is 0 Å². The van der Waals surface area contributed by atoms with Gasteiger partial charge in [-0.3, -0.25) is 15.0 Å². The number of amides is 3. The summed E-state index contributed by atoms with van der Waals surface area (Å²) < 4.78 is 0. The van der Waals surface area contributed by atoms with Crippen LogP contribution in [0.1, 0.15) is 13.3 Å². The van der Waals surface area contributed by atoms with Crippen LogP contribution in [0.4, 0.5) is 4.79 Å². The Morgan fingerprint density at radius 1 is 1.47 bits per heavy atom. The third-order valence-corrected chi connectivity index (χ3v) is 2.26. The van der Waals surface area contributed by atoms with Crippen LogP contribution in [-0.2, 0) is 4.79 Å². The van der Waals surface area contributed by atoms with E-state index >= 15 is 0 Å². The second kappa shape index (κ2) is 4.59. The number of aliphatic hydroxyl groups is 1. The van der Waals surface area contributed by atoms with Crippen molar-refractivity contribution in [3.8, 4) is 0 Å². The SMILES string of the molecule is CNC(=O)NC(=O)CCN1CC(C)(O)C1. The van der Waals surface area contributed by atoms with E-state index in [1.807, 2.05) is 4.90 Å². The lowest BCUT2D eigenvalue weighted by molar-refractivity contribution is -0.123. The van der Waals surface area contributed by atoms with Gasteiger partial charge in [-0.15, -0.1) is 0 Å². The van der Waals surface area contributed by atoms with Crippen LogP contribution < -0.4 is 10.6 Å². The summed E-state index contributed by atoms with van der Waals surface area (Å²) in [7, 11) is 1.45. The van der Waals surface area contributed by atoms with Gasteiger partial charge in [0.05, 0.1) is 5.60 Å². The number of carbonyl (C=O) groups is 2. The van der Waals surface area contributed by atoms with Gasteiger partial charge in [0.25, 0.3) is 0 Å². The van der Waals surface area contributed by atoms with Crippen LogP contribution in [-0.4, -0.2) is 54.2 Å². The zero-order valence-corrected chi connectivity index (χ0v) is 9.04. The topological polar surface area (TPSA) is 81.7 Å². The number of urea groups is 1. The first-order chi connectivity index (χ1) is 6.93. The van der Waals surface area contributed by atoms with Gasteiger partial charge < -0.3 is 10.4 Å². The maximum atomic E-state index is 11.2. The third-order valence-electron chi connectivity index (χ3n) is 2.26. The summed E-state index contributed by atoms with van der Waals surface area (Å²) in [5, 5.41) is 13.9. The van der Waals surface area contributed by atoms with Gasteiger partial charge in [0.15, 0.2) is 0 Å². The van der Waals surface area contributed by atoms with E-state index < -0.39 is 11.6 Å². The molecule has 1 aliphatic rings. The smallest absolute Gasteiger partial charge is 0.321 e. The van der Waals surface area contributed by atoms with Gasteiger partial charge in [-0.1, -0.05) is 0 Å². The molecular weight excluding hydrogens is 198 g/mol. The Balaban J connectivity index is 2.11. The summed E-state index contributed by atoms with van der Waals surface area (Å²) in [5.41, 5.74) is -0.614. The molecule has 6 nitrogen and oxygen atoms in total. The fourth-order valence-corrected chi connectivity index (χ4v) is 1.59. The van der Waals surface area contributed by atoms with Crippen molar-refractivity contribution in [1.29, 1.82) is 0 Å². The van der Waals surface area contributed by atoms with Crippen molar-refractivity contribution in [2.75, 3.05) is 26.7 Å². The Kier molecular flexibility index (Phi) is 3.65. The third kappa shape index (κ3) is 3.85. The number of nitrogens with zero attached hydrogens (tertiary/aromatic N) is 1. The maximum Gasteiger partial charge on any atom is 0.321 e. The molecule has 1 saturated heterocycles. The van der Waals surface area contributed by atoms with E-state index in [2.05, 4.69) is 10.6 Å².